The zero-order valence-electron chi connectivity index (χ0n) is 13.2. The molecule has 0 saturated heterocycles. The maximum Gasteiger partial charge on any atom is 0.356 e. The van der Waals surface area contributed by atoms with Crippen LogP contribution in [0.5, 0.6) is 0 Å². The number of hydrogen-bond donors (Lipinski definition) is 1. The van der Waals surface area contributed by atoms with Crippen LogP contribution in [0.25, 0.3) is 11.3 Å². The van der Waals surface area contributed by atoms with Crippen molar-refractivity contribution in [1.82, 2.24) is 9.78 Å². The van der Waals surface area contributed by atoms with Crippen LogP contribution in [0.4, 0.5) is 0 Å². The molecule has 0 atom stereocenters. The summed E-state index contributed by atoms with van der Waals surface area (Å²) in [5, 5.41) is 13.5. The van der Waals surface area contributed by atoms with Gasteiger partial charge < -0.3 is 5.11 Å². The lowest BCUT2D eigenvalue weighted by atomic mass is 10.1. The summed E-state index contributed by atoms with van der Waals surface area (Å²) in [7, 11) is 0. The first-order valence-electron chi connectivity index (χ1n) is 7.46. The van der Waals surface area contributed by atoms with Crippen LogP contribution in [-0.4, -0.2) is 20.9 Å². The third-order valence-corrected chi connectivity index (χ3v) is 3.80. The number of benzene rings is 2. The number of aryl methyl sites for hydroxylation is 2. The molecule has 3 aromatic rings. The van der Waals surface area contributed by atoms with Gasteiger partial charge in [-0.2, -0.15) is 5.10 Å². The second-order valence-corrected chi connectivity index (χ2v) is 5.73. The van der Waals surface area contributed by atoms with Crippen LogP contribution < -0.4 is 0 Å². The average Bonchev–Trinajstić information content (AvgIpc) is 2.94. The Kier molecular flexibility index (Phi) is 3.98. The second kappa shape index (κ2) is 6.08. The number of nitrogens with zero attached hydrogens (tertiary/aromatic N) is 2. The predicted molar refractivity (Wildman–Crippen MR) is 89.6 cm³/mol. The predicted octanol–water partition coefficient (Wildman–Crippen LogP) is 3.91. The van der Waals surface area contributed by atoms with Crippen molar-refractivity contribution in [2.24, 2.45) is 0 Å². The minimum atomic E-state index is -1.01. The van der Waals surface area contributed by atoms with E-state index in [2.05, 4.69) is 5.10 Å². The molecule has 0 bridgehead atoms. The summed E-state index contributed by atoms with van der Waals surface area (Å²) < 4.78 is 1.75. The van der Waals surface area contributed by atoms with E-state index in [1.807, 2.05) is 62.4 Å². The van der Waals surface area contributed by atoms with Crippen molar-refractivity contribution in [2.75, 3.05) is 0 Å². The van der Waals surface area contributed by atoms with E-state index in [-0.39, 0.29) is 5.69 Å². The highest BCUT2D eigenvalue weighted by atomic mass is 16.4. The van der Waals surface area contributed by atoms with Crippen LogP contribution in [-0.2, 0) is 6.54 Å². The fourth-order valence-electron chi connectivity index (χ4n) is 2.46. The minimum absolute atomic E-state index is 0.0627. The molecule has 0 aliphatic rings. The molecule has 3 rings (SSSR count). The first kappa shape index (κ1) is 15.0. The first-order chi connectivity index (χ1) is 11.0. The summed E-state index contributed by atoms with van der Waals surface area (Å²) in [5.41, 5.74) is 5.28. The summed E-state index contributed by atoms with van der Waals surface area (Å²) in [4.78, 5) is 11.3. The summed E-state index contributed by atoms with van der Waals surface area (Å²) in [6.45, 7) is 4.60. The first-order valence-corrected chi connectivity index (χ1v) is 7.46. The Balaban J connectivity index is 2.02. The number of hydrogen-bond acceptors (Lipinski definition) is 2. The van der Waals surface area contributed by atoms with E-state index in [0.29, 0.717) is 6.54 Å². The standard InChI is InChI=1S/C19H18N2O2/c1-13-3-7-15(8-4-13)12-21-18(11-17(20-21)19(22)23)16-9-5-14(2)6-10-16/h3-11H,12H2,1-2H3,(H,22,23). The maximum atomic E-state index is 11.3. The highest BCUT2D eigenvalue weighted by Gasteiger charge is 2.14. The van der Waals surface area contributed by atoms with Crippen LogP contribution in [0.3, 0.4) is 0 Å². The van der Waals surface area contributed by atoms with Gasteiger partial charge in [0.15, 0.2) is 5.69 Å². The largest absolute Gasteiger partial charge is 0.476 e. The molecule has 0 amide bonds. The van der Waals surface area contributed by atoms with Gasteiger partial charge in [-0.05, 0) is 31.0 Å². The van der Waals surface area contributed by atoms with Gasteiger partial charge in [0, 0.05) is 0 Å². The molecular weight excluding hydrogens is 288 g/mol. The summed E-state index contributed by atoms with van der Waals surface area (Å²) in [5.74, 6) is -1.01. The molecule has 116 valence electrons. The van der Waals surface area contributed by atoms with E-state index in [0.717, 1.165) is 22.4 Å². The van der Waals surface area contributed by atoms with Gasteiger partial charge in [0.05, 0.1) is 12.2 Å². The highest BCUT2D eigenvalue weighted by molar-refractivity contribution is 5.87. The van der Waals surface area contributed by atoms with Crippen molar-refractivity contribution < 1.29 is 9.90 Å². The Morgan fingerprint density at radius 2 is 1.57 bits per heavy atom. The van der Waals surface area contributed by atoms with Crippen molar-refractivity contribution in [2.45, 2.75) is 20.4 Å². The number of aromatic nitrogens is 2. The van der Waals surface area contributed by atoms with Crippen molar-refractivity contribution in [3.05, 3.63) is 77.0 Å². The van der Waals surface area contributed by atoms with E-state index >= 15 is 0 Å². The monoisotopic (exact) mass is 306 g/mol. The van der Waals surface area contributed by atoms with Gasteiger partial charge in [-0.3, -0.25) is 4.68 Å². The Hall–Kier alpha value is -2.88. The van der Waals surface area contributed by atoms with Crippen LogP contribution in [0.2, 0.25) is 0 Å². The molecule has 0 saturated carbocycles. The van der Waals surface area contributed by atoms with Crippen molar-refractivity contribution >= 4 is 5.97 Å². The highest BCUT2D eigenvalue weighted by Crippen LogP contribution is 2.22. The van der Waals surface area contributed by atoms with Crippen molar-refractivity contribution in [1.29, 1.82) is 0 Å². The van der Waals surface area contributed by atoms with Gasteiger partial charge in [-0.15, -0.1) is 0 Å². The molecule has 1 N–H and O–H groups in total. The lowest BCUT2D eigenvalue weighted by Crippen LogP contribution is -2.06. The molecular formula is C19H18N2O2. The molecule has 4 heteroatoms. The Morgan fingerprint density at radius 1 is 1.00 bits per heavy atom. The number of carboxylic acids is 1. The maximum absolute atomic E-state index is 11.3. The zero-order chi connectivity index (χ0) is 16.4. The Labute approximate surface area is 135 Å². The lowest BCUT2D eigenvalue weighted by molar-refractivity contribution is 0.0689. The summed E-state index contributed by atoms with van der Waals surface area (Å²) in [6.07, 6.45) is 0. The molecule has 4 nitrogen and oxygen atoms in total. The van der Waals surface area contributed by atoms with Gasteiger partial charge in [-0.1, -0.05) is 59.7 Å². The molecule has 0 unspecified atom stereocenters. The minimum Gasteiger partial charge on any atom is -0.476 e. The Morgan fingerprint density at radius 3 is 2.13 bits per heavy atom. The number of aromatic carboxylic acids is 1. The number of rotatable bonds is 4. The number of carboxylic acid groups (broad SMARTS) is 1. The molecule has 1 aromatic heterocycles. The van der Waals surface area contributed by atoms with Gasteiger partial charge >= 0.3 is 5.97 Å². The van der Waals surface area contributed by atoms with E-state index in [1.165, 1.54) is 5.56 Å². The Bertz CT molecular complexity index is 831. The topological polar surface area (TPSA) is 55.1 Å². The third-order valence-electron chi connectivity index (χ3n) is 3.80. The molecule has 0 spiro atoms. The van der Waals surface area contributed by atoms with Gasteiger partial charge in [0.2, 0.25) is 0 Å². The summed E-state index contributed by atoms with van der Waals surface area (Å²) in [6, 6.07) is 17.8. The molecule has 2 aromatic carbocycles. The quantitative estimate of drug-likeness (QED) is 0.795. The van der Waals surface area contributed by atoms with Gasteiger partial charge in [0.25, 0.3) is 0 Å². The third kappa shape index (κ3) is 3.31. The summed E-state index contributed by atoms with van der Waals surface area (Å²) >= 11 is 0. The van der Waals surface area contributed by atoms with Crippen LogP contribution in [0, 0.1) is 13.8 Å². The SMILES string of the molecule is Cc1ccc(Cn2nc(C(=O)O)cc2-c2ccc(C)cc2)cc1. The molecule has 0 aliphatic heterocycles. The molecule has 0 aliphatic carbocycles. The smallest absolute Gasteiger partial charge is 0.356 e. The average molecular weight is 306 g/mol. The van der Waals surface area contributed by atoms with E-state index in [9.17, 15) is 9.90 Å². The van der Waals surface area contributed by atoms with Crippen LogP contribution >= 0.6 is 0 Å². The van der Waals surface area contributed by atoms with E-state index in [1.54, 1.807) is 10.7 Å². The van der Waals surface area contributed by atoms with E-state index < -0.39 is 5.97 Å². The lowest BCUT2D eigenvalue weighted by Gasteiger charge is -2.08. The molecule has 0 radical (unpaired) electrons. The fourth-order valence-corrected chi connectivity index (χ4v) is 2.46. The molecule has 0 fully saturated rings. The van der Waals surface area contributed by atoms with Crippen LogP contribution in [0.15, 0.2) is 54.6 Å². The fraction of sp³-hybridized carbons (Fsp3) is 0.158. The van der Waals surface area contributed by atoms with Gasteiger partial charge in [0.1, 0.15) is 0 Å². The zero-order valence-corrected chi connectivity index (χ0v) is 13.2. The van der Waals surface area contributed by atoms with Crippen molar-refractivity contribution in [3.63, 3.8) is 0 Å². The normalized spacial score (nSPS) is 10.7. The molecule has 23 heavy (non-hydrogen) atoms. The van der Waals surface area contributed by atoms with Gasteiger partial charge in [-0.25, -0.2) is 4.79 Å². The van der Waals surface area contributed by atoms with E-state index in [4.69, 9.17) is 0 Å². The van der Waals surface area contributed by atoms with Crippen molar-refractivity contribution in [3.8, 4) is 11.3 Å². The number of carbonyl (C=O) groups is 1. The second-order valence-electron chi connectivity index (χ2n) is 5.73. The molecule has 1 heterocycles. The van der Waals surface area contributed by atoms with Crippen LogP contribution in [0.1, 0.15) is 27.2 Å².